The molecule has 0 aliphatic heterocycles. The van der Waals surface area contributed by atoms with Gasteiger partial charge in [-0.2, -0.15) is 0 Å². The Labute approximate surface area is 96.5 Å². The van der Waals surface area contributed by atoms with E-state index in [1.807, 2.05) is 6.92 Å². The van der Waals surface area contributed by atoms with E-state index in [0.29, 0.717) is 0 Å². The van der Waals surface area contributed by atoms with Crippen molar-refractivity contribution < 1.29 is 9.50 Å². The number of hydrogen-bond acceptors (Lipinski definition) is 2. The summed E-state index contributed by atoms with van der Waals surface area (Å²) in [5.74, 6) is -0.203. The van der Waals surface area contributed by atoms with Gasteiger partial charge in [0.2, 0.25) is 0 Å². The molecule has 0 heterocycles. The molecule has 1 unspecified atom stereocenters. The van der Waals surface area contributed by atoms with Gasteiger partial charge in [0.15, 0.2) is 0 Å². The average molecular weight is 225 g/mol. The van der Waals surface area contributed by atoms with Crippen LogP contribution in [0.3, 0.4) is 0 Å². The maximum Gasteiger partial charge on any atom is 0.123 e. The normalized spacial score (nSPS) is 14.8. The summed E-state index contributed by atoms with van der Waals surface area (Å²) in [6, 6.07) is 6.98. The Bertz CT molecular complexity index is 295. The lowest BCUT2D eigenvalue weighted by molar-refractivity contribution is 0.229. The zero-order valence-electron chi connectivity index (χ0n) is 9.91. The van der Waals surface area contributed by atoms with Gasteiger partial charge in [-0.25, -0.2) is 4.39 Å². The first kappa shape index (κ1) is 13.1. The zero-order valence-corrected chi connectivity index (χ0v) is 9.91. The van der Waals surface area contributed by atoms with E-state index in [9.17, 15) is 4.39 Å². The SMILES string of the molecule is CC[C@@H](CO)NC(C)Cc1ccc(F)cc1. The van der Waals surface area contributed by atoms with Gasteiger partial charge in [0.05, 0.1) is 6.61 Å². The van der Waals surface area contributed by atoms with Gasteiger partial charge in [0.25, 0.3) is 0 Å². The molecule has 0 spiro atoms. The van der Waals surface area contributed by atoms with Crippen molar-refractivity contribution in [2.75, 3.05) is 6.61 Å². The summed E-state index contributed by atoms with van der Waals surface area (Å²) >= 11 is 0. The first-order valence-corrected chi connectivity index (χ1v) is 5.77. The van der Waals surface area contributed by atoms with Crippen LogP contribution in [-0.2, 0) is 6.42 Å². The van der Waals surface area contributed by atoms with Crippen LogP contribution in [0.25, 0.3) is 0 Å². The van der Waals surface area contributed by atoms with Crippen LogP contribution in [0.15, 0.2) is 24.3 Å². The van der Waals surface area contributed by atoms with Gasteiger partial charge < -0.3 is 10.4 Å². The molecule has 90 valence electrons. The monoisotopic (exact) mass is 225 g/mol. The first-order chi connectivity index (χ1) is 7.65. The van der Waals surface area contributed by atoms with Crippen LogP contribution in [0.2, 0.25) is 0 Å². The minimum Gasteiger partial charge on any atom is -0.395 e. The maximum atomic E-state index is 12.7. The van der Waals surface area contributed by atoms with Gasteiger partial charge in [-0.1, -0.05) is 19.1 Å². The third-order valence-electron chi connectivity index (χ3n) is 2.69. The minimum atomic E-state index is -0.203. The Morgan fingerprint density at radius 3 is 2.44 bits per heavy atom. The van der Waals surface area contributed by atoms with Crippen molar-refractivity contribution in [1.29, 1.82) is 0 Å². The Hall–Kier alpha value is -0.930. The highest BCUT2D eigenvalue weighted by Crippen LogP contribution is 2.06. The highest BCUT2D eigenvalue weighted by molar-refractivity contribution is 5.17. The van der Waals surface area contributed by atoms with E-state index >= 15 is 0 Å². The molecule has 1 aromatic carbocycles. The molecule has 0 fully saturated rings. The molecule has 0 radical (unpaired) electrons. The van der Waals surface area contributed by atoms with E-state index in [1.165, 1.54) is 12.1 Å². The number of halogens is 1. The maximum absolute atomic E-state index is 12.7. The summed E-state index contributed by atoms with van der Waals surface area (Å²) in [4.78, 5) is 0. The van der Waals surface area contributed by atoms with Crippen molar-refractivity contribution in [1.82, 2.24) is 5.32 Å². The molecule has 0 saturated carbocycles. The van der Waals surface area contributed by atoms with Crippen LogP contribution >= 0.6 is 0 Å². The fourth-order valence-electron chi connectivity index (χ4n) is 1.73. The van der Waals surface area contributed by atoms with Crippen LogP contribution in [0.5, 0.6) is 0 Å². The summed E-state index contributed by atoms with van der Waals surface area (Å²) in [5, 5.41) is 12.4. The molecule has 2 N–H and O–H groups in total. The molecule has 0 aliphatic rings. The third-order valence-corrected chi connectivity index (χ3v) is 2.69. The Morgan fingerprint density at radius 1 is 1.31 bits per heavy atom. The Balaban J connectivity index is 2.44. The lowest BCUT2D eigenvalue weighted by atomic mass is 10.1. The second-order valence-corrected chi connectivity index (χ2v) is 4.19. The van der Waals surface area contributed by atoms with E-state index in [4.69, 9.17) is 5.11 Å². The molecule has 0 aliphatic carbocycles. The topological polar surface area (TPSA) is 32.3 Å². The zero-order chi connectivity index (χ0) is 12.0. The van der Waals surface area contributed by atoms with E-state index in [2.05, 4.69) is 12.2 Å². The molecule has 2 atom stereocenters. The fourth-order valence-corrected chi connectivity index (χ4v) is 1.73. The molecule has 0 aromatic heterocycles. The number of rotatable bonds is 6. The van der Waals surface area contributed by atoms with Gasteiger partial charge >= 0.3 is 0 Å². The second-order valence-electron chi connectivity index (χ2n) is 4.19. The van der Waals surface area contributed by atoms with Crippen LogP contribution < -0.4 is 5.32 Å². The highest BCUT2D eigenvalue weighted by Gasteiger charge is 2.09. The highest BCUT2D eigenvalue weighted by atomic mass is 19.1. The third kappa shape index (κ3) is 4.29. The molecule has 16 heavy (non-hydrogen) atoms. The predicted octanol–water partition coefficient (Wildman–Crippen LogP) is 2.12. The van der Waals surface area contributed by atoms with E-state index < -0.39 is 0 Å². The van der Waals surface area contributed by atoms with Crippen LogP contribution in [-0.4, -0.2) is 23.8 Å². The summed E-state index contributed by atoms with van der Waals surface area (Å²) in [7, 11) is 0. The number of nitrogens with one attached hydrogen (secondary N) is 1. The van der Waals surface area contributed by atoms with Crippen molar-refractivity contribution >= 4 is 0 Å². The largest absolute Gasteiger partial charge is 0.395 e. The number of hydrogen-bond donors (Lipinski definition) is 2. The molecule has 0 saturated heterocycles. The van der Waals surface area contributed by atoms with Crippen molar-refractivity contribution in [3.8, 4) is 0 Å². The van der Waals surface area contributed by atoms with Gasteiger partial charge in [0, 0.05) is 12.1 Å². The smallest absolute Gasteiger partial charge is 0.123 e. The van der Waals surface area contributed by atoms with Crippen molar-refractivity contribution in [2.24, 2.45) is 0 Å². The average Bonchev–Trinajstić information content (AvgIpc) is 2.29. The Kier molecular flexibility index (Phi) is 5.43. The van der Waals surface area contributed by atoms with Gasteiger partial charge in [-0.3, -0.25) is 0 Å². The molecule has 3 heteroatoms. The Morgan fingerprint density at radius 2 is 1.94 bits per heavy atom. The number of aliphatic hydroxyl groups is 1. The summed E-state index contributed by atoms with van der Waals surface area (Å²) in [6.45, 7) is 4.27. The summed E-state index contributed by atoms with van der Waals surface area (Å²) < 4.78 is 12.7. The molecule has 1 aromatic rings. The fraction of sp³-hybridized carbons (Fsp3) is 0.538. The molecule has 2 nitrogen and oxygen atoms in total. The lowest BCUT2D eigenvalue weighted by Gasteiger charge is -2.20. The first-order valence-electron chi connectivity index (χ1n) is 5.77. The standard InChI is InChI=1S/C13H20FNO/c1-3-13(9-16)15-10(2)8-11-4-6-12(14)7-5-11/h4-7,10,13,15-16H,3,8-9H2,1-2H3/t10?,13-/m0/s1. The quantitative estimate of drug-likeness (QED) is 0.777. The summed E-state index contributed by atoms with van der Waals surface area (Å²) in [5.41, 5.74) is 1.11. The van der Waals surface area contributed by atoms with Crippen molar-refractivity contribution in [3.05, 3.63) is 35.6 Å². The molecule has 0 amide bonds. The van der Waals surface area contributed by atoms with Gasteiger partial charge in [-0.15, -0.1) is 0 Å². The molecule has 0 bridgehead atoms. The second kappa shape index (κ2) is 6.61. The minimum absolute atomic E-state index is 0.149. The van der Waals surface area contributed by atoms with Crippen molar-refractivity contribution in [3.63, 3.8) is 0 Å². The molecule has 1 rings (SSSR count). The van der Waals surface area contributed by atoms with Crippen LogP contribution in [0, 0.1) is 5.82 Å². The molecular formula is C13H20FNO. The number of benzene rings is 1. The van der Waals surface area contributed by atoms with Crippen LogP contribution in [0.4, 0.5) is 4.39 Å². The van der Waals surface area contributed by atoms with Gasteiger partial charge in [0.1, 0.15) is 5.82 Å². The van der Waals surface area contributed by atoms with Gasteiger partial charge in [-0.05, 0) is 37.5 Å². The van der Waals surface area contributed by atoms with E-state index in [0.717, 1.165) is 18.4 Å². The van der Waals surface area contributed by atoms with Crippen LogP contribution in [0.1, 0.15) is 25.8 Å². The van der Waals surface area contributed by atoms with E-state index in [-0.39, 0.29) is 24.5 Å². The lowest BCUT2D eigenvalue weighted by Crippen LogP contribution is -2.39. The predicted molar refractivity (Wildman–Crippen MR) is 63.9 cm³/mol. The number of aliphatic hydroxyl groups excluding tert-OH is 1. The summed E-state index contributed by atoms with van der Waals surface area (Å²) in [6.07, 6.45) is 1.75. The van der Waals surface area contributed by atoms with E-state index in [1.54, 1.807) is 12.1 Å². The van der Waals surface area contributed by atoms with Crippen molar-refractivity contribution in [2.45, 2.75) is 38.8 Å². The molecular weight excluding hydrogens is 205 g/mol.